The topological polar surface area (TPSA) is 81.2 Å². The molecule has 2 aromatic rings. The molecule has 1 aromatic carbocycles. The van der Waals surface area contributed by atoms with Crippen LogP contribution in [0.1, 0.15) is 34.9 Å². The minimum atomic E-state index is -0.146. The number of carbonyl (C=O) groups excluding carboxylic acids is 1. The Morgan fingerprint density at radius 2 is 2.24 bits per heavy atom. The molecule has 1 amide bonds. The van der Waals surface area contributed by atoms with Gasteiger partial charge in [0.05, 0.1) is 11.1 Å². The maximum absolute atomic E-state index is 12.3. The van der Waals surface area contributed by atoms with Crippen molar-refractivity contribution in [3.8, 4) is 5.75 Å². The molecule has 3 N–H and O–H groups in total. The Morgan fingerprint density at radius 3 is 2.90 bits per heavy atom. The van der Waals surface area contributed by atoms with Crippen LogP contribution in [0.4, 0.5) is 0 Å². The lowest BCUT2D eigenvalue weighted by atomic mass is 10.1. The van der Waals surface area contributed by atoms with Crippen LogP contribution in [-0.2, 0) is 0 Å². The smallest absolute Gasteiger partial charge is 0.253 e. The maximum Gasteiger partial charge on any atom is 0.253 e. The number of benzene rings is 1. The van der Waals surface area contributed by atoms with Gasteiger partial charge in [0.15, 0.2) is 0 Å². The molecule has 112 valence electrons. The summed E-state index contributed by atoms with van der Waals surface area (Å²) in [4.78, 5) is 21.9. The Bertz CT molecular complexity index is 674. The van der Waals surface area contributed by atoms with Crippen molar-refractivity contribution in [2.75, 3.05) is 27.2 Å². The summed E-state index contributed by atoms with van der Waals surface area (Å²) in [5, 5.41) is 12.8. The average molecular weight is 288 g/mol. The zero-order chi connectivity index (χ0) is 15.0. The molecule has 21 heavy (non-hydrogen) atoms. The molecular weight excluding hydrogens is 268 g/mol. The largest absolute Gasteiger partial charge is 0.506 e. The molecule has 6 nitrogen and oxygen atoms in total. The van der Waals surface area contributed by atoms with Crippen molar-refractivity contribution in [3.05, 3.63) is 23.5 Å². The summed E-state index contributed by atoms with van der Waals surface area (Å²) >= 11 is 0. The molecule has 1 aromatic heterocycles. The van der Waals surface area contributed by atoms with Crippen molar-refractivity contribution in [1.82, 2.24) is 20.2 Å². The molecule has 0 atom stereocenters. The van der Waals surface area contributed by atoms with Crippen molar-refractivity contribution in [2.45, 2.75) is 18.8 Å². The summed E-state index contributed by atoms with van der Waals surface area (Å²) in [6.07, 6.45) is 2.23. The number of hydrogen-bond donors (Lipinski definition) is 3. The van der Waals surface area contributed by atoms with E-state index in [1.165, 1.54) is 6.07 Å². The predicted octanol–water partition coefficient (Wildman–Crippen LogP) is 1.44. The van der Waals surface area contributed by atoms with Crippen LogP contribution in [0.2, 0.25) is 0 Å². The quantitative estimate of drug-likeness (QED) is 0.777. The molecular formula is C15H20N4O2. The summed E-state index contributed by atoms with van der Waals surface area (Å²) < 4.78 is 0. The number of likely N-dealkylation sites (N-methyl/N-ethyl adjacent to an activating group) is 1. The number of nitrogens with one attached hydrogen (secondary N) is 2. The minimum Gasteiger partial charge on any atom is -0.506 e. The fourth-order valence-corrected chi connectivity index (χ4v) is 2.32. The van der Waals surface area contributed by atoms with Crippen molar-refractivity contribution < 1.29 is 9.90 Å². The lowest BCUT2D eigenvalue weighted by Crippen LogP contribution is -2.31. The van der Waals surface area contributed by atoms with Crippen LogP contribution in [0.25, 0.3) is 11.0 Å². The molecule has 6 heteroatoms. The summed E-state index contributed by atoms with van der Waals surface area (Å²) in [5.74, 6) is 1.28. The number of aromatic amines is 1. The number of imidazole rings is 1. The molecule has 3 rings (SSSR count). The van der Waals surface area contributed by atoms with Gasteiger partial charge in [-0.2, -0.15) is 0 Å². The second-order valence-corrected chi connectivity index (χ2v) is 5.81. The molecule has 0 spiro atoms. The standard InChI is InChI=1S/C15H20N4O2/c1-19(2)8-7-16-15(21)10-5-6-11(20)13-12(10)17-14(18-13)9-3-4-9/h5-6,9,20H,3-4,7-8H2,1-2H3,(H,16,21)(H,17,18). The third kappa shape index (κ3) is 2.85. The number of hydrogen-bond acceptors (Lipinski definition) is 4. The van der Waals surface area contributed by atoms with E-state index in [2.05, 4.69) is 15.3 Å². The number of aromatic hydroxyl groups is 1. The van der Waals surface area contributed by atoms with Crippen LogP contribution in [0.3, 0.4) is 0 Å². The van der Waals surface area contributed by atoms with Gasteiger partial charge in [-0.1, -0.05) is 0 Å². The van der Waals surface area contributed by atoms with Crippen LogP contribution in [-0.4, -0.2) is 53.1 Å². The van der Waals surface area contributed by atoms with E-state index >= 15 is 0 Å². The summed E-state index contributed by atoms with van der Waals surface area (Å²) in [5.41, 5.74) is 1.64. The summed E-state index contributed by atoms with van der Waals surface area (Å²) in [6.45, 7) is 1.36. The van der Waals surface area contributed by atoms with Crippen molar-refractivity contribution in [3.63, 3.8) is 0 Å². The van der Waals surface area contributed by atoms with Gasteiger partial charge >= 0.3 is 0 Å². The zero-order valence-corrected chi connectivity index (χ0v) is 12.3. The van der Waals surface area contributed by atoms with E-state index in [1.807, 2.05) is 19.0 Å². The highest BCUT2D eigenvalue weighted by Gasteiger charge is 2.28. The van der Waals surface area contributed by atoms with Gasteiger partial charge in [0, 0.05) is 19.0 Å². The normalized spacial score (nSPS) is 14.8. The fourth-order valence-electron chi connectivity index (χ4n) is 2.32. The van der Waals surface area contributed by atoms with Crippen molar-refractivity contribution >= 4 is 16.9 Å². The van der Waals surface area contributed by atoms with E-state index in [-0.39, 0.29) is 11.7 Å². The number of phenolic OH excluding ortho intramolecular Hbond substituents is 1. The number of aromatic nitrogens is 2. The van der Waals surface area contributed by atoms with Gasteiger partial charge in [-0.25, -0.2) is 4.98 Å². The second-order valence-electron chi connectivity index (χ2n) is 5.81. The van der Waals surface area contributed by atoms with Crippen molar-refractivity contribution in [2.24, 2.45) is 0 Å². The monoisotopic (exact) mass is 288 g/mol. The van der Waals surface area contributed by atoms with Crippen molar-refractivity contribution in [1.29, 1.82) is 0 Å². The lowest BCUT2D eigenvalue weighted by molar-refractivity contribution is 0.0952. The van der Waals surface area contributed by atoms with Gasteiger partial charge < -0.3 is 20.3 Å². The second kappa shape index (κ2) is 5.37. The highest BCUT2D eigenvalue weighted by molar-refractivity contribution is 6.06. The van der Waals surface area contributed by atoms with Gasteiger partial charge in [0.2, 0.25) is 0 Å². The Balaban J connectivity index is 1.87. The SMILES string of the molecule is CN(C)CCNC(=O)c1ccc(O)c2nc(C3CC3)[nH]c12. The number of phenols is 1. The molecule has 1 aliphatic carbocycles. The number of nitrogens with zero attached hydrogens (tertiary/aromatic N) is 2. The van der Waals surface area contributed by atoms with Crippen LogP contribution < -0.4 is 5.32 Å². The van der Waals surface area contributed by atoms with Crippen LogP contribution in [0, 0.1) is 0 Å². The number of fused-ring (bicyclic) bond motifs is 1. The first-order valence-electron chi connectivity index (χ1n) is 7.21. The van der Waals surface area contributed by atoms with E-state index in [0.717, 1.165) is 25.2 Å². The third-order valence-electron chi connectivity index (χ3n) is 3.70. The highest BCUT2D eigenvalue weighted by atomic mass is 16.3. The van der Waals surface area contributed by atoms with Crippen LogP contribution in [0.5, 0.6) is 5.75 Å². The maximum atomic E-state index is 12.3. The molecule has 1 saturated carbocycles. The molecule has 1 fully saturated rings. The third-order valence-corrected chi connectivity index (χ3v) is 3.70. The molecule has 1 heterocycles. The Hall–Kier alpha value is -2.08. The first-order chi connectivity index (χ1) is 10.1. The van der Waals surface area contributed by atoms with E-state index in [4.69, 9.17) is 0 Å². The van der Waals surface area contributed by atoms with E-state index in [9.17, 15) is 9.90 Å². The van der Waals surface area contributed by atoms with E-state index < -0.39 is 0 Å². The van der Waals surface area contributed by atoms with E-state index in [0.29, 0.717) is 29.1 Å². The molecule has 0 aliphatic heterocycles. The van der Waals surface area contributed by atoms with Gasteiger partial charge in [-0.05, 0) is 39.1 Å². The number of rotatable bonds is 5. The number of H-pyrrole nitrogens is 1. The number of amides is 1. The predicted molar refractivity (Wildman–Crippen MR) is 80.6 cm³/mol. The Morgan fingerprint density at radius 1 is 1.48 bits per heavy atom. The zero-order valence-electron chi connectivity index (χ0n) is 12.3. The lowest BCUT2D eigenvalue weighted by Gasteiger charge is -2.10. The molecule has 0 radical (unpaired) electrons. The Labute approximate surface area is 123 Å². The molecule has 0 unspecified atom stereocenters. The van der Waals surface area contributed by atoms with Gasteiger partial charge in [-0.3, -0.25) is 4.79 Å². The molecule has 0 bridgehead atoms. The minimum absolute atomic E-state index is 0.109. The molecule has 0 saturated heterocycles. The first-order valence-corrected chi connectivity index (χ1v) is 7.21. The fraction of sp³-hybridized carbons (Fsp3) is 0.467. The number of carbonyl (C=O) groups is 1. The van der Waals surface area contributed by atoms with Crippen LogP contribution >= 0.6 is 0 Å². The first kappa shape index (κ1) is 13.9. The van der Waals surface area contributed by atoms with Gasteiger partial charge in [0.25, 0.3) is 5.91 Å². The van der Waals surface area contributed by atoms with Gasteiger partial charge in [0.1, 0.15) is 17.1 Å². The van der Waals surface area contributed by atoms with Crippen LogP contribution in [0.15, 0.2) is 12.1 Å². The van der Waals surface area contributed by atoms with E-state index in [1.54, 1.807) is 6.07 Å². The summed E-state index contributed by atoms with van der Waals surface area (Å²) in [7, 11) is 3.92. The average Bonchev–Trinajstić information content (AvgIpc) is 3.18. The Kier molecular flexibility index (Phi) is 3.55. The molecule has 1 aliphatic rings. The highest BCUT2D eigenvalue weighted by Crippen LogP contribution is 2.40. The summed E-state index contributed by atoms with van der Waals surface area (Å²) in [6, 6.07) is 3.16. The van der Waals surface area contributed by atoms with Gasteiger partial charge in [-0.15, -0.1) is 0 Å².